The smallest absolute Gasteiger partial charge is 0.337 e. The van der Waals surface area contributed by atoms with E-state index in [4.69, 9.17) is 18.9 Å². The van der Waals surface area contributed by atoms with E-state index in [0.29, 0.717) is 5.57 Å². The van der Waals surface area contributed by atoms with Crippen LogP contribution in [0.3, 0.4) is 0 Å². The number of rotatable bonds is 5. The average Bonchev–Trinajstić information content (AvgIpc) is 3.04. The summed E-state index contributed by atoms with van der Waals surface area (Å²) in [6.45, 7) is 7.47. The lowest BCUT2D eigenvalue weighted by molar-refractivity contribution is -0.167. The zero-order chi connectivity index (χ0) is 24.9. The molecule has 10 heteroatoms. The maximum Gasteiger partial charge on any atom is 0.337 e. The zero-order valence-corrected chi connectivity index (χ0v) is 18.9. The summed E-state index contributed by atoms with van der Waals surface area (Å²) in [5.41, 5.74) is 0.144. The summed E-state index contributed by atoms with van der Waals surface area (Å²) in [5.74, 6) is -4.41. The van der Waals surface area contributed by atoms with Crippen LogP contribution in [-0.2, 0) is 38.1 Å². The van der Waals surface area contributed by atoms with Gasteiger partial charge in [0, 0.05) is 24.5 Å². The molecule has 180 valence electrons. The Labute approximate surface area is 191 Å². The third-order valence-electron chi connectivity index (χ3n) is 5.38. The molecule has 1 fully saturated rings. The highest BCUT2D eigenvalue weighted by atomic mass is 16.6. The lowest BCUT2D eigenvalue weighted by Crippen LogP contribution is -2.46. The third kappa shape index (κ3) is 5.96. The fourth-order valence-electron chi connectivity index (χ4n) is 3.62. The lowest BCUT2D eigenvalue weighted by Gasteiger charge is -2.33. The predicted molar refractivity (Wildman–Crippen MR) is 113 cm³/mol. The molecule has 2 rings (SSSR count). The summed E-state index contributed by atoms with van der Waals surface area (Å²) in [7, 11) is 1.09. The highest BCUT2D eigenvalue weighted by molar-refractivity contribution is 5.93. The molecule has 1 aliphatic heterocycles. The van der Waals surface area contributed by atoms with Gasteiger partial charge in [-0.25, -0.2) is 14.4 Å². The van der Waals surface area contributed by atoms with Crippen LogP contribution in [0, 0.1) is 5.92 Å². The van der Waals surface area contributed by atoms with Crippen molar-refractivity contribution in [2.24, 2.45) is 5.92 Å². The second-order valence-electron chi connectivity index (χ2n) is 7.66. The van der Waals surface area contributed by atoms with Gasteiger partial charge in [-0.1, -0.05) is 12.7 Å². The minimum atomic E-state index is -1.55. The van der Waals surface area contributed by atoms with Gasteiger partial charge in [0.15, 0.2) is 12.2 Å². The summed E-state index contributed by atoms with van der Waals surface area (Å²) in [6, 6.07) is 0. The Kier molecular flexibility index (Phi) is 8.72. The van der Waals surface area contributed by atoms with Crippen LogP contribution in [0.15, 0.2) is 47.1 Å². The fraction of sp³-hybridized carbons (Fsp3) is 0.478. The minimum absolute atomic E-state index is 0.0769. The van der Waals surface area contributed by atoms with Gasteiger partial charge >= 0.3 is 23.9 Å². The molecule has 0 aromatic heterocycles. The van der Waals surface area contributed by atoms with Gasteiger partial charge in [0.2, 0.25) is 0 Å². The Hall–Kier alpha value is -3.24. The Morgan fingerprint density at radius 2 is 1.91 bits per heavy atom. The van der Waals surface area contributed by atoms with E-state index in [1.165, 1.54) is 19.1 Å². The van der Waals surface area contributed by atoms with Crippen LogP contribution >= 0.6 is 0 Å². The molecule has 1 saturated heterocycles. The molecule has 0 saturated carbocycles. The van der Waals surface area contributed by atoms with Gasteiger partial charge in [-0.15, -0.1) is 0 Å². The van der Waals surface area contributed by atoms with Crippen molar-refractivity contribution in [3.63, 3.8) is 0 Å². The van der Waals surface area contributed by atoms with Crippen LogP contribution in [0.2, 0.25) is 0 Å². The first kappa shape index (κ1) is 26.0. The highest BCUT2D eigenvalue weighted by Crippen LogP contribution is 2.38. The second-order valence-corrected chi connectivity index (χ2v) is 7.66. The van der Waals surface area contributed by atoms with E-state index in [2.05, 4.69) is 6.58 Å². The molecule has 0 spiro atoms. The molecule has 0 aromatic carbocycles. The highest BCUT2D eigenvalue weighted by Gasteiger charge is 2.50. The Morgan fingerprint density at radius 3 is 2.45 bits per heavy atom. The van der Waals surface area contributed by atoms with E-state index in [9.17, 15) is 29.4 Å². The van der Waals surface area contributed by atoms with Gasteiger partial charge in [0.05, 0.1) is 31.3 Å². The van der Waals surface area contributed by atoms with Crippen molar-refractivity contribution in [1.82, 2.24) is 0 Å². The van der Waals surface area contributed by atoms with Crippen LogP contribution in [0.1, 0.15) is 27.2 Å². The summed E-state index contributed by atoms with van der Waals surface area (Å²) in [4.78, 5) is 49.7. The molecular weight excluding hydrogens is 436 g/mol. The number of hydrogen-bond acceptors (Lipinski definition) is 10. The molecule has 0 bridgehead atoms. The molecule has 1 heterocycles. The number of aliphatic hydroxyl groups excluding tert-OH is 2. The monoisotopic (exact) mass is 464 g/mol. The van der Waals surface area contributed by atoms with Crippen molar-refractivity contribution in [2.75, 3.05) is 13.7 Å². The van der Waals surface area contributed by atoms with Crippen LogP contribution in [-0.4, -0.2) is 72.2 Å². The largest absolute Gasteiger partial charge is 0.466 e. The average molecular weight is 464 g/mol. The molecule has 2 aliphatic rings. The standard InChI is InChI=1S/C23H28O10/c1-6-11(2)21(27)33-20-18-12(3)22(28)32-17(18)8-14(10-24)7-15(26)9-16(23(29)30-5)19(20)31-13(4)25/h6,8-9,15,17-20,24,26H,3,7,10H2,1-2,4-5H3. The van der Waals surface area contributed by atoms with E-state index in [1.807, 2.05) is 0 Å². The van der Waals surface area contributed by atoms with Crippen LogP contribution in [0.4, 0.5) is 0 Å². The number of ether oxygens (including phenoxy) is 4. The summed E-state index contributed by atoms with van der Waals surface area (Å²) in [6.07, 6.45) is -1.47. The van der Waals surface area contributed by atoms with Gasteiger partial charge in [0.25, 0.3) is 0 Å². The first-order valence-corrected chi connectivity index (χ1v) is 10.2. The Bertz CT molecular complexity index is 926. The van der Waals surface area contributed by atoms with Crippen molar-refractivity contribution in [3.8, 4) is 0 Å². The number of methoxy groups -OCH3 is 1. The molecule has 1 aliphatic carbocycles. The number of aliphatic hydroxyl groups is 2. The third-order valence-corrected chi connectivity index (χ3v) is 5.38. The zero-order valence-electron chi connectivity index (χ0n) is 18.9. The van der Waals surface area contributed by atoms with Crippen molar-refractivity contribution >= 4 is 23.9 Å². The molecular formula is C23H28O10. The van der Waals surface area contributed by atoms with E-state index >= 15 is 0 Å². The molecule has 5 atom stereocenters. The summed E-state index contributed by atoms with van der Waals surface area (Å²) < 4.78 is 21.2. The number of fused-ring (bicyclic) bond motifs is 1. The predicted octanol–water partition coefficient (Wildman–Crippen LogP) is 0.677. The molecule has 10 nitrogen and oxygen atoms in total. The Balaban J connectivity index is 2.79. The van der Waals surface area contributed by atoms with E-state index in [1.54, 1.807) is 6.92 Å². The van der Waals surface area contributed by atoms with Crippen LogP contribution < -0.4 is 0 Å². The normalized spacial score (nSPS) is 28.1. The molecule has 0 aromatic rings. The number of allylic oxidation sites excluding steroid dienone is 1. The lowest BCUT2D eigenvalue weighted by atomic mass is 9.83. The molecule has 0 radical (unpaired) electrons. The molecule has 5 unspecified atom stereocenters. The number of carbonyl (C=O) groups is 4. The first-order valence-electron chi connectivity index (χ1n) is 10.2. The van der Waals surface area contributed by atoms with Crippen molar-refractivity contribution in [2.45, 2.75) is 51.6 Å². The van der Waals surface area contributed by atoms with Crippen LogP contribution in [0.5, 0.6) is 0 Å². The minimum Gasteiger partial charge on any atom is -0.466 e. The van der Waals surface area contributed by atoms with Gasteiger partial charge in [-0.05, 0) is 31.6 Å². The first-order chi connectivity index (χ1) is 15.5. The van der Waals surface area contributed by atoms with Crippen LogP contribution in [0.25, 0.3) is 0 Å². The SMILES string of the molecule is C=C1C(=O)OC2C=C(CO)CC(O)C=C(C(=O)OC)C(OC(C)=O)C(OC(=O)C(C)=CC)C12. The van der Waals surface area contributed by atoms with E-state index in [-0.39, 0.29) is 23.1 Å². The quantitative estimate of drug-likeness (QED) is 0.258. The maximum absolute atomic E-state index is 12.7. The molecule has 2 N–H and O–H groups in total. The van der Waals surface area contributed by atoms with E-state index < -0.39 is 60.8 Å². The topological polar surface area (TPSA) is 146 Å². The van der Waals surface area contributed by atoms with Crippen molar-refractivity contribution in [3.05, 3.63) is 47.1 Å². The summed E-state index contributed by atoms with van der Waals surface area (Å²) >= 11 is 0. The Morgan fingerprint density at radius 1 is 1.24 bits per heavy atom. The number of esters is 4. The maximum atomic E-state index is 12.7. The van der Waals surface area contributed by atoms with Crippen molar-refractivity contribution < 1.29 is 48.3 Å². The number of hydrogen-bond donors (Lipinski definition) is 2. The van der Waals surface area contributed by atoms with Gasteiger partial charge in [-0.3, -0.25) is 4.79 Å². The van der Waals surface area contributed by atoms with Gasteiger partial charge in [0.1, 0.15) is 6.10 Å². The fourth-order valence-corrected chi connectivity index (χ4v) is 3.62. The van der Waals surface area contributed by atoms with Crippen molar-refractivity contribution in [1.29, 1.82) is 0 Å². The van der Waals surface area contributed by atoms with Gasteiger partial charge < -0.3 is 29.2 Å². The second kappa shape index (κ2) is 11.1. The van der Waals surface area contributed by atoms with E-state index in [0.717, 1.165) is 20.1 Å². The number of carbonyl (C=O) groups excluding carboxylic acids is 4. The van der Waals surface area contributed by atoms with Gasteiger partial charge in [-0.2, -0.15) is 0 Å². The molecule has 0 amide bonds. The summed E-state index contributed by atoms with van der Waals surface area (Å²) in [5, 5.41) is 20.3. The molecule has 33 heavy (non-hydrogen) atoms.